The average molecular weight is 366 g/mol. The molecule has 6 heteroatoms. The van der Waals surface area contributed by atoms with E-state index in [1.165, 1.54) is 6.07 Å². The van der Waals surface area contributed by atoms with Crippen LogP contribution in [-0.2, 0) is 9.53 Å². The van der Waals surface area contributed by atoms with Crippen LogP contribution in [0.3, 0.4) is 0 Å². The van der Waals surface area contributed by atoms with Crippen molar-refractivity contribution in [3.05, 3.63) is 66.5 Å². The van der Waals surface area contributed by atoms with Gasteiger partial charge in [0.05, 0.1) is 24.0 Å². The van der Waals surface area contributed by atoms with Crippen molar-refractivity contribution in [2.45, 2.75) is 18.6 Å². The Balaban J connectivity index is 1.72. The first-order chi connectivity index (χ1) is 13.1. The summed E-state index contributed by atoms with van der Waals surface area (Å²) in [6, 6.07) is 10.7. The Morgan fingerprint density at radius 3 is 2.81 bits per heavy atom. The summed E-state index contributed by atoms with van der Waals surface area (Å²) in [5, 5.41) is 2.82. The molecule has 0 aromatic heterocycles. The zero-order valence-electron chi connectivity index (χ0n) is 14.7. The van der Waals surface area contributed by atoms with E-state index < -0.39 is 6.04 Å². The van der Waals surface area contributed by atoms with Crippen LogP contribution in [0.5, 0.6) is 0 Å². The topological polar surface area (TPSA) is 58.6 Å². The number of benzene rings is 2. The summed E-state index contributed by atoms with van der Waals surface area (Å²) in [7, 11) is 0. The molecular formula is C21H19FN2O3. The van der Waals surface area contributed by atoms with Crippen molar-refractivity contribution in [2.24, 2.45) is 0 Å². The molecule has 1 saturated heterocycles. The van der Waals surface area contributed by atoms with Gasteiger partial charge in [-0.25, -0.2) is 4.39 Å². The largest absolute Gasteiger partial charge is 0.371 e. The first-order valence-corrected chi connectivity index (χ1v) is 8.83. The van der Waals surface area contributed by atoms with Crippen molar-refractivity contribution < 1.29 is 18.7 Å². The molecule has 0 saturated carbocycles. The second-order valence-corrected chi connectivity index (χ2v) is 6.62. The van der Waals surface area contributed by atoms with E-state index in [1.807, 2.05) is 0 Å². The number of hydrogen-bond donors (Lipinski definition) is 1. The van der Waals surface area contributed by atoms with E-state index in [0.717, 1.165) is 0 Å². The fourth-order valence-corrected chi connectivity index (χ4v) is 3.72. The molecule has 138 valence electrons. The minimum absolute atomic E-state index is 0.253. The van der Waals surface area contributed by atoms with Crippen LogP contribution >= 0.6 is 0 Å². The van der Waals surface area contributed by atoms with Gasteiger partial charge >= 0.3 is 0 Å². The van der Waals surface area contributed by atoms with E-state index >= 15 is 0 Å². The summed E-state index contributed by atoms with van der Waals surface area (Å²) in [4.78, 5) is 27.4. The quantitative estimate of drug-likeness (QED) is 0.846. The number of nitrogens with one attached hydrogen (secondary N) is 1. The van der Waals surface area contributed by atoms with Gasteiger partial charge in [0.25, 0.3) is 5.91 Å². The van der Waals surface area contributed by atoms with Gasteiger partial charge in [0, 0.05) is 12.1 Å². The Bertz CT molecular complexity index is 927. The molecule has 0 aliphatic carbocycles. The third kappa shape index (κ3) is 3.02. The van der Waals surface area contributed by atoms with Crippen molar-refractivity contribution in [1.29, 1.82) is 0 Å². The van der Waals surface area contributed by atoms with Gasteiger partial charge in [-0.3, -0.25) is 9.59 Å². The molecule has 2 aliphatic rings. The molecule has 2 aromatic rings. The summed E-state index contributed by atoms with van der Waals surface area (Å²) in [5.41, 5.74) is 1.79. The summed E-state index contributed by atoms with van der Waals surface area (Å²) in [6.07, 6.45) is 1.83. The second-order valence-electron chi connectivity index (χ2n) is 6.62. The zero-order chi connectivity index (χ0) is 19.0. The lowest BCUT2D eigenvalue weighted by molar-refractivity contribution is -0.122. The Morgan fingerprint density at radius 1 is 1.22 bits per heavy atom. The van der Waals surface area contributed by atoms with Crippen molar-refractivity contribution in [2.75, 3.05) is 18.5 Å². The van der Waals surface area contributed by atoms with Gasteiger partial charge in [-0.2, -0.15) is 0 Å². The summed E-state index contributed by atoms with van der Waals surface area (Å²) < 4.78 is 19.8. The molecule has 27 heavy (non-hydrogen) atoms. The smallest absolute Gasteiger partial charge is 0.256 e. The molecule has 1 fully saturated rings. The predicted molar refractivity (Wildman–Crippen MR) is 99.8 cm³/mol. The minimum Gasteiger partial charge on any atom is -0.371 e. The molecule has 2 aliphatic heterocycles. The predicted octanol–water partition coefficient (Wildman–Crippen LogP) is 3.23. The molecule has 4 rings (SSSR count). The molecule has 2 amide bonds. The fraction of sp³-hybridized carbons (Fsp3) is 0.238. The van der Waals surface area contributed by atoms with Crippen LogP contribution < -0.4 is 5.32 Å². The number of carbonyl (C=O) groups is 2. The highest BCUT2D eigenvalue weighted by Crippen LogP contribution is 2.33. The van der Waals surface area contributed by atoms with E-state index in [4.69, 9.17) is 4.74 Å². The van der Waals surface area contributed by atoms with E-state index in [-0.39, 0.29) is 23.7 Å². The number of hydrogen-bond acceptors (Lipinski definition) is 3. The number of halogens is 1. The number of rotatable bonds is 4. The summed E-state index contributed by atoms with van der Waals surface area (Å²) in [5.74, 6) is -0.886. The number of amides is 2. The molecule has 1 N–H and O–H groups in total. The fourth-order valence-electron chi connectivity index (χ4n) is 3.72. The molecule has 2 atom stereocenters. The number of anilines is 1. The maximum Gasteiger partial charge on any atom is 0.256 e. The monoisotopic (exact) mass is 366 g/mol. The van der Waals surface area contributed by atoms with Crippen molar-refractivity contribution >= 4 is 17.5 Å². The second kappa shape index (κ2) is 6.96. The highest BCUT2D eigenvalue weighted by atomic mass is 19.1. The molecule has 2 aromatic carbocycles. The van der Waals surface area contributed by atoms with Crippen molar-refractivity contribution in [1.82, 2.24) is 4.90 Å². The van der Waals surface area contributed by atoms with Crippen LogP contribution in [0.25, 0.3) is 11.1 Å². The lowest BCUT2D eigenvalue weighted by atomic mass is 10.0. The molecule has 2 heterocycles. The lowest BCUT2D eigenvalue weighted by Gasteiger charge is -2.24. The van der Waals surface area contributed by atoms with Crippen LogP contribution in [0, 0.1) is 5.82 Å². The highest BCUT2D eigenvalue weighted by Gasteiger charge is 2.45. The van der Waals surface area contributed by atoms with E-state index in [9.17, 15) is 14.0 Å². The first kappa shape index (κ1) is 17.4. The van der Waals surface area contributed by atoms with E-state index in [1.54, 1.807) is 47.4 Å². The molecule has 0 radical (unpaired) electrons. The Labute approximate surface area is 156 Å². The molecule has 0 spiro atoms. The van der Waals surface area contributed by atoms with Crippen LogP contribution in [0.15, 0.2) is 55.1 Å². The molecule has 0 bridgehead atoms. The van der Waals surface area contributed by atoms with Gasteiger partial charge in [-0.1, -0.05) is 30.3 Å². The van der Waals surface area contributed by atoms with Crippen LogP contribution in [0.2, 0.25) is 0 Å². The third-order valence-electron chi connectivity index (χ3n) is 4.99. The van der Waals surface area contributed by atoms with Gasteiger partial charge in [-0.05, 0) is 30.2 Å². The summed E-state index contributed by atoms with van der Waals surface area (Å²) >= 11 is 0. The SMILES string of the molecule is C=CCO[C@@H]1CCN2C(=O)c3cc(-c4ccccc4F)ccc3NC(=O)[C@H]12. The number of ether oxygens (including phenoxy) is 1. The van der Waals surface area contributed by atoms with E-state index in [2.05, 4.69) is 11.9 Å². The highest BCUT2D eigenvalue weighted by molar-refractivity contribution is 6.11. The van der Waals surface area contributed by atoms with Crippen molar-refractivity contribution in [3.63, 3.8) is 0 Å². The van der Waals surface area contributed by atoms with Crippen molar-refractivity contribution in [3.8, 4) is 11.1 Å². The number of fused-ring (bicyclic) bond motifs is 2. The number of carbonyl (C=O) groups excluding carboxylic acids is 2. The lowest BCUT2D eigenvalue weighted by Crippen LogP contribution is -2.46. The number of nitrogens with zero attached hydrogens (tertiary/aromatic N) is 1. The maximum atomic E-state index is 14.1. The minimum atomic E-state index is -0.679. The Morgan fingerprint density at radius 2 is 2.04 bits per heavy atom. The normalized spacial score (nSPS) is 21.3. The van der Waals surface area contributed by atoms with Gasteiger partial charge < -0.3 is 15.0 Å². The molecule has 0 unspecified atom stereocenters. The maximum absolute atomic E-state index is 14.1. The van der Waals surface area contributed by atoms with Gasteiger partial charge in [0.1, 0.15) is 11.9 Å². The van der Waals surface area contributed by atoms with E-state index in [0.29, 0.717) is 42.0 Å². The third-order valence-corrected chi connectivity index (χ3v) is 4.99. The van der Waals surface area contributed by atoms with Gasteiger partial charge in [0.15, 0.2) is 0 Å². The summed E-state index contributed by atoms with van der Waals surface area (Å²) in [6.45, 7) is 4.37. The average Bonchev–Trinajstić information content (AvgIpc) is 3.06. The Kier molecular flexibility index (Phi) is 4.49. The Hall–Kier alpha value is -2.99. The van der Waals surface area contributed by atoms with Gasteiger partial charge in [-0.15, -0.1) is 6.58 Å². The van der Waals surface area contributed by atoms with Crippen LogP contribution in [0.4, 0.5) is 10.1 Å². The van der Waals surface area contributed by atoms with Gasteiger partial charge in [0.2, 0.25) is 5.91 Å². The first-order valence-electron chi connectivity index (χ1n) is 8.83. The van der Waals surface area contributed by atoms with Crippen LogP contribution in [0.1, 0.15) is 16.8 Å². The zero-order valence-corrected chi connectivity index (χ0v) is 14.7. The standard InChI is InChI=1S/C21H19FN2O3/c1-2-11-27-18-9-10-24-19(18)20(25)23-17-8-7-13(12-15(17)21(24)26)14-5-3-4-6-16(14)22/h2-8,12,18-19H,1,9-11H2,(H,23,25)/t18-,19+/m1/s1. The molecular weight excluding hydrogens is 347 g/mol. The molecule has 5 nitrogen and oxygen atoms in total. The van der Waals surface area contributed by atoms with Crippen LogP contribution in [-0.4, -0.2) is 42.0 Å².